The van der Waals surface area contributed by atoms with Gasteiger partial charge in [-0.3, -0.25) is 14.5 Å². The lowest BCUT2D eigenvalue weighted by atomic mass is 9.96. The molecule has 0 unspecified atom stereocenters. The number of carbonyl (C=O) groups excluding carboxylic acids is 2. The summed E-state index contributed by atoms with van der Waals surface area (Å²) in [5.41, 5.74) is 3.36. The Labute approximate surface area is 194 Å². The van der Waals surface area contributed by atoms with E-state index in [0.29, 0.717) is 32.7 Å². The summed E-state index contributed by atoms with van der Waals surface area (Å²) in [4.78, 5) is 29.2. The van der Waals surface area contributed by atoms with E-state index in [4.69, 9.17) is 4.74 Å². The van der Waals surface area contributed by atoms with Gasteiger partial charge in [0.05, 0.1) is 13.2 Å². The molecule has 6 nitrogen and oxygen atoms in total. The van der Waals surface area contributed by atoms with Crippen LogP contribution in [-0.4, -0.2) is 54.9 Å². The van der Waals surface area contributed by atoms with Crippen molar-refractivity contribution in [2.75, 3.05) is 33.3 Å². The molecule has 6 heteroatoms. The van der Waals surface area contributed by atoms with E-state index in [1.165, 1.54) is 11.1 Å². The maximum absolute atomic E-state index is 12.7. The van der Waals surface area contributed by atoms with Crippen LogP contribution in [0.5, 0.6) is 5.75 Å². The minimum Gasteiger partial charge on any atom is -0.497 e. The molecule has 1 fully saturated rings. The van der Waals surface area contributed by atoms with Crippen molar-refractivity contribution in [1.82, 2.24) is 15.1 Å². The number of piperazine rings is 1. The lowest BCUT2D eigenvalue weighted by Crippen LogP contribution is -2.53. The molecule has 0 radical (unpaired) electrons. The van der Waals surface area contributed by atoms with Crippen LogP contribution in [-0.2, 0) is 16.1 Å². The number of amides is 2. The van der Waals surface area contributed by atoms with Crippen molar-refractivity contribution < 1.29 is 14.3 Å². The highest BCUT2D eigenvalue weighted by atomic mass is 16.5. The Morgan fingerprint density at radius 3 is 1.88 bits per heavy atom. The molecule has 3 aromatic rings. The zero-order valence-corrected chi connectivity index (χ0v) is 18.8. The molecule has 3 aromatic carbocycles. The van der Waals surface area contributed by atoms with Gasteiger partial charge >= 0.3 is 11.8 Å². The summed E-state index contributed by atoms with van der Waals surface area (Å²) in [6.45, 7) is 2.74. The van der Waals surface area contributed by atoms with Gasteiger partial charge in [-0.05, 0) is 28.8 Å². The first-order chi connectivity index (χ1) is 16.2. The van der Waals surface area contributed by atoms with Gasteiger partial charge in [0.2, 0.25) is 0 Å². The van der Waals surface area contributed by atoms with Crippen molar-refractivity contribution in [3.8, 4) is 5.75 Å². The largest absolute Gasteiger partial charge is 0.497 e. The Balaban J connectivity index is 1.35. The van der Waals surface area contributed by atoms with Gasteiger partial charge < -0.3 is 15.0 Å². The summed E-state index contributed by atoms with van der Waals surface area (Å²) < 4.78 is 5.14. The van der Waals surface area contributed by atoms with Crippen LogP contribution in [0.3, 0.4) is 0 Å². The molecule has 170 valence electrons. The van der Waals surface area contributed by atoms with E-state index in [1.54, 1.807) is 12.0 Å². The Morgan fingerprint density at radius 1 is 0.818 bits per heavy atom. The average Bonchev–Trinajstić information content (AvgIpc) is 2.89. The number of hydrogen-bond acceptors (Lipinski definition) is 4. The second-order valence-electron chi connectivity index (χ2n) is 8.08. The third kappa shape index (κ3) is 5.59. The van der Waals surface area contributed by atoms with Crippen molar-refractivity contribution in [2.24, 2.45) is 0 Å². The van der Waals surface area contributed by atoms with E-state index in [2.05, 4.69) is 58.7 Å². The number of rotatable bonds is 6. The third-order valence-electron chi connectivity index (χ3n) is 6.00. The van der Waals surface area contributed by atoms with E-state index in [-0.39, 0.29) is 6.04 Å². The highest BCUT2D eigenvalue weighted by molar-refractivity contribution is 6.35. The Kier molecular flexibility index (Phi) is 7.37. The molecule has 0 atom stereocenters. The van der Waals surface area contributed by atoms with Crippen LogP contribution in [0.1, 0.15) is 22.7 Å². The van der Waals surface area contributed by atoms with Gasteiger partial charge in [0.15, 0.2) is 0 Å². The number of ether oxygens (including phenoxy) is 1. The van der Waals surface area contributed by atoms with Gasteiger partial charge in [-0.15, -0.1) is 0 Å². The molecule has 0 spiro atoms. The SMILES string of the molecule is COc1ccc(CNC(=O)C(=O)N2CCN(C(c3ccccc3)c3ccccc3)CC2)cc1. The quantitative estimate of drug-likeness (QED) is 0.594. The molecule has 0 aromatic heterocycles. The smallest absolute Gasteiger partial charge is 0.311 e. The fourth-order valence-electron chi connectivity index (χ4n) is 4.21. The summed E-state index contributed by atoms with van der Waals surface area (Å²) in [5, 5.41) is 2.73. The van der Waals surface area contributed by atoms with E-state index < -0.39 is 11.8 Å². The molecular weight excluding hydrogens is 414 g/mol. The van der Waals surface area contributed by atoms with Crippen molar-refractivity contribution in [3.63, 3.8) is 0 Å². The van der Waals surface area contributed by atoms with Crippen molar-refractivity contribution in [1.29, 1.82) is 0 Å². The lowest BCUT2D eigenvalue weighted by Gasteiger charge is -2.39. The lowest BCUT2D eigenvalue weighted by molar-refractivity contribution is -0.147. The van der Waals surface area contributed by atoms with Crippen LogP contribution in [0.2, 0.25) is 0 Å². The Hall–Kier alpha value is -3.64. The van der Waals surface area contributed by atoms with E-state index >= 15 is 0 Å². The van der Waals surface area contributed by atoms with Gasteiger partial charge in [-0.2, -0.15) is 0 Å². The van der Waals surface area contributed by atoms with Gasteiger partial charge in [-0.1, -0.05) is 72.8 Å². The first kappa shape index (κ1) is 22.6. The minimum absolute atomic E-state index is 0.119. The second-order valence-corrected chi connectivity index (χ2v) is 8.08. The number of nitrogens with one attached hydrogen (secondary N) is 1. The summed E-state index contributed by atoms with van der Waals surface area (Å²) in [6, 6.07) is 28.3. The third-order valence-corrected chi connectivity index (χ3v) is 6.00. The summed E-state index contributed by atoms with van der Waals surface area (Å²) >= 11 is 0. The molecule has 1 saturated heterocycles. The monoisotopic (exact) mass is 443 g/mol. The predicted molar refractivity (Wildman–Crippen MR) is 128 cm³/mol. The van der Waals surface area contributed by atoms with E-state index in [9.17, 15) is 9.59 Å². The standard InChI is InChI=1S/C27H29N3O3/c1-33-24-14-12-21(13-15-24)20-28-26(31)27(32)30-18-16-29(17-19-30)25(22-8-4-2-5-9-22)23-10-6-3-7-11-23/h2-15,25H,16-20H2,1H3,(H,28,31). The van der Waals surface area contributed by atoms with Crippen LogP contribution in [0.4, 0.5) is 0 Å². The highest BCUT2D eigenvalue weighted by Gasteiger charge is 2.30. The van der Waals surface area contributed by atoms with Crippen molar-refractivity contribution in [3.05, 3.63) is 102 Å². The molecule has 1 aliphatic heterocycles. The number of carbonyl (C=O) groups is 2. The molecule has 0 aliphatic carbocycles. The first-order valence-corrected chi connectivity index (χ1v) is 11.2. The molecule has 4 rings (SSSR count). The fraction of sp³-hybridized carbons (Fsp3) is 0.259. The summed E-state index contributed by atoms with van der Waals surface area (Å²) in [5.74, 6) is -0.288. The molecule has 0 bridgehead atoms. The molecule has 1 heterocycles. The number of nitrogens with zero attached hydrogens (tertiary/aromatic N) is 2. The molecule has 1 aliphatic rings. The van der Waals surface area contributed by atoms with Crippen molar-refractivity contribution >= 4 is 11.8 Å². The van der Waals surface area contributed by atoms with Crippen LogP contribution < -0.4 is 10.1 Å². The predicted octanol–water partition coefficient (Wildman–Crippen LogP) is 3.25. The summed E-state index contributed by atoms with van der Waals surface area (Å²) in [7, 11) is 1.61. The normalized spacial score (nSPS) is 14.2. The zero-order valence-electron chi connectivity index (χ0n) is 18.8. The van der Waals surface area contributed by atoms with Crippen molar-refractivity contribution in [2.45, 2.75) is 12.6 Å². The van der Waals surface area contributed by atoms with Gasteiger partial charge in [0, 0.05) is 32.7 Å². The topological polar surface area (TPSA) is 61.9 Å². The maximum Gasteiger partial charge on any atom is 0.311 e. The molecular formula is C27H29N3O3. The zero-order chi connectivity index (χ0) is 23.0. The fourth-order valence-corrected chi connectivity index (χ4v) is 4.21. The maximum atomic E-state index is 12.7. The Morgan fingerprint density at radius 2 is 1.36 bits per heavy atom. The van der Waals surface area contributed by atoms with Crippen LogP contribution in [0.15, 0.2) is 84.9 Å². The molecule has 2 amide bonds. The van der Waals surface area contributed by atoms with Gasteiger partial charge in [0.25, 0.3) is 0 Å². The summed E-state index contributed by atoms with van der Waals surface area (Å²) in [6.07, 6.45) is 0. The van der Waals surface area contributed by atoms with Gasteiger partial charge in [0.1, 0.15) is 5.75 Å². The second kappa shape index (κ2) is 10.8. The average molecular weight is 444 g/mol. The number of methoxy groups -OCH3 is 1. The highest BCUT2D eigenvalue weighted by Crippen LogP contribution is 2.29. The van der Waals surface area contributed by atoms with E-state index in [1.807, 2.05) is 36.4 Å². The first-order valence-electron chi connectivity index (χ1n) is 11.2. The number of benzene rings is 3. The van der Waals surface area contributed by atoms with Crippen LogP contribution >= 0.6 is 0 Å². The molecule has 0 saturated carbocycles. The number of hydrogen-bond donors (Lipinski definition) is 1. The molecule has 33 heavy (non-hydrogen) atoms. The van der Waals surface area contributed by atoms with Crippen LogP contribution in [0, 0.1) is 0 Å². The van der Waals surface area contributed by atoms with Crippen LogP contribution in [0.25, 0.3) is 0 Å². The van der Waals surface area contributed by atoms with E-state index in [0.717, 1.165) is 11.3 Å². The molecule has 1 N–H and O–H groups in total. The Bertz CT molecular complexity index is 1010. The minimum atomic E-state index is -0.568. The van der Waals surface area contributed by atoms with Gasteiger partial charge in [-0.25, -0.2) is 0 Å².